The molecule has 0 saturated heterocycles. The summed E-state index contributed by atoms with van der Waals surface area (Å²) in [6.45, 7) is 0. The lowest BCUT2D eigenvalue weighted by Gasteiger charge is -2.18. The Morgan fingerprint density at radius 1 is 1.37 bits per heavy atom. The highest BCUT2D eigenvalue weighted by Crippen LogP contribution is 2.25. The number of hydrogen-bond acceptors (Lipinski definition) is 4. The van der Waals surface area contributed by atoms with Crippen LogP contribution in [0.4, 0.5) is 10.2 Å². The van der Waals surface area contributed by atoms with Crippen molar-refractivity contribution in [1.29, 1.82) is 0 Å². The zero-order chi connectivity index (χ0) is 13.8. The lowest BCUT2D eigenvalue weighted by molar-refractivity contribution is 0.510. The first-order valence-electron chi connectivity index (χ1n) is 5.72. The van der Waals surface area contributed by atoms with E-state index in [1.54, 1.807) is 24.4 Å². The van der Waals surface area contributed by atoms with Crippen LogP contribution in [0, 0.1) is 5.82 Å². The zero-order valence-corrected chi connectivity index (χ0v) is 11.7. The molecule has 0 amide bonds. The van der Waals surface area contributed by atoms with Crippen LogP contribution in [0.2, 0.25) is 0 Å². The van der Waals surface area contributed by atoms with Crippen molar-refractivity contribution in [3.8, 4) is 0 Å². The van der Waals surface area contributed by atoms with Gasteiger partial charge >= 0.3 is 0 Å². The molecule has 100 valence electrons. The summed E-state index contributed by atoms with van der Waals surface area (Å²) in [6.07, 6.45) is 2.08. The van der Waals surface area contributed by atoms with Crippen LogP contribution in [0.3, 0.4) is 0 Å². The third-order valence-corrected chi connectivity index (χ3v) is 3.38. The molecule has 2 aromatic rings. The molecule has 0 fully saturated rings. The fourth-order valence-electron chi connectivity index (χ4n) is 1.88. The molecule has 0 bridgehead atoms. The molecule has 0 saturated carbocycles. The van der Waals surface area contributed by atoms with E-state index in [0.29, 0.717) is 17.8 Å². The van der Waals surface area contributed by atoms with Crippen LogP contribution in [-0.2, 0) is 6.42 Å². The molecule has 0 radical (unpaired) electrons. The Labute approximate surface area is 119 Å². The largest absolute Gasteiger partial charge is 0.383 e. The smallest absolute Gasteiger partial charge is 0.128 e. The van der Waals surface area contributed by atoms with Crippen molar-refractivity contribution in [3.63, 3.8) is 0 Å². The van der Waals surface area contributed by atoms with Crippen molar-refractivity contribution < 1.29 is 4.39 Å². The minimum atomic E-state index is -0.371. The Hall–Kier alpha value is -1.50. The standard InChI is InChI=1S/C13H14BrFN4/c14-9-3-4-11(15)10(7-9)12(19-17)6-8-2-1-5-18-13(8)16/h1-5,7,12,19H,6,17H2,(H2,16,18). The Morgan fingerprint density at radius 2 is 2.16 bits per heavy atom. The first-order chi connectivity index (χ1) is 9.11. The van der Waals surface area contributed by atoms with Crippen LogP contribution in [-0.4, -0.2) is 4.98 Å². The number of nitrogens with two attached hydrogens (primary N) is 2. The van der Waals surface area contributed by atoms with Gasteiger partial charge in [-0.3, -0.25) is 11.3 Å². The summed E-state index contributed by atoms with van der Waals surface area (Å²) in [6, 6.07) is 8.01. The first kappa shape index (κ1) is 13.9. The molecule has 1 unspecified atom stereocenters. The number of nitrogen functional groups attached to an aromatic ring is 1. The molecule has 1 atom stereocenters. The van der Waals surface area contributed by atoms with E-state index in [1.165, 1.54) is 6.07 Å². The molecule has 19 heavy (non-hydrogen) atoms. The number of hydrazine groups is 1. The molecule has 0 aliphatic carbocycles. The highest BCUT2D eigenvalue weighted by Gasteiger charge is 2.16. The fourth-order valence-corrected chi connectivity index (χ4v) is 2.26. The number of pyridine rings is 1. The third kappa shape index (κ3) is 3.28. The maximum absolute atomic E-state index is 13.8. The normalized spacial score (nSPS) is 12.4. The maximum atomic E-state index is 13.8. The summed E-state index contributed by atoms with van der Waals surface area (Å²) < 4.78 is 14.6. The van der Waals surface area contributed by atoms with Crippen molar-refractivity contribution in [2.24, 2.45) is 5.84 Å². The van der Waals surface area contributed by atoms with E-state index in [0.717, 1.165) is 10.0 Å². The zero-order valence-electron chi connectivity index (χ0n) is 10.1. The number of nitrogens with zero attached hydrogens (tertiary/aromatic N) is 1. The average molecular weight is 325 g/mol. The van der Waals surface area contributed by atoms with Crippen molar-refractivity contribution in [2.45, 2.75) is 12.5 Å². The monoisotopic (exact) mass is 324 g/mol. The molecule has 0 spiro atoms. The van der Waals surface area contributed by atoms with Gasteiger partial charge in [0.15, 0.2) is 0 Å². The van der Waals surface area contributed by atoms with Gasteiger partial charge in [0, 0.05) is 16.2 Å². The molecular weight excluding hydrogens is 311 g/mol. The van der Waals surface area contributed by atoms with E-state index in [-0.39, 0.29) is 11.9 Å². The number of anilines is 1. The second-order valence-corrected chi connectivity index (χ2v) is 5.05. The van der Waals surface area contributed by atoms with Crippen LogP contribution >= 0.6 is 15.9 Å². The molecule has 2 rings (SSSR count). The Morgan fingerprint density at radius 3 is 2.84 bits per heavy atom. The van der Waals surface area contributed by atoms with Gasteiger partial charge < -0.3 is 5.73 Å². The van der Waals surface area contributed by atoms with Gasteiger partial charge in [-0.1, -0.05) is 22.0 Å². The molecular formula is C13H14BrFN4. The van der Waals surface area contributed by atoms with Crippen molar-refractivity contribution in [2.75, 3.05) is 5.73 Å². The van der Waals surface area contributed by atoms with Gasteiger partial charge in [-0.05, 0) is 36.2 Å². The molecule has 1 aromatic carbocycles. The molecule has 0 aliphatic rings. The SMILES string of the molecule is NNC(Cc1cccnc1N)c1cc(Br)ccc1F. The summed E-state index contributed by atoms with van der Waals surface area (Å²) in [5.74, 6) is 5.65. The molecule has 6 heteroatoms. The molecule has 5 N–H and O–H groups in total. The van der Waals surface area contributed by atoms with Crippen LogP contribution in [0.25, 0.3) is 0 Å². The molecule has 0 aliphatic heterocycles. The number of aromatic nitrogens is 1. The van der Waals surface area contributed by atoms with E-state index < -0.39 is 0 Å². The summed E-state index contributed by atoms with van der Waals surface area (Å²) in [4.78, 5) is 4.01. The number of rotatable bonds is 4. The Bertz CT molecular complexity index is 576. The fraction of sp³-hybridized carbons (Fsp3) is 0.154. The average Bonchev–Trinajstić information content (AvgIpc) is 2.41. The van der Waals surface area contributed by atoms with Gasteiger partial charge in [0.1, 0.15) is 11.6 Å². The van der Waals surface area contributed by atoms with Crippen LogP contribution < -0.4 is 17.0 Å². The van der Waals surface area contributed by atoms with E-state index in [1.807, 2.05) is 6.07 Å². The number of hydrogen-bond donors (Lipinski definition) is 3. The number of halogens is 2. The van der Waals surface area contributed by atoms with Crippen LogP contribution in [0.15, 0.2) is 41.0 Å². The van der Waals surface area contributed by atoms with E-state index in [2.05, 4.69) is 26.3 Å². The highest BCUT2D eigenvalue weighted by atomic mass is 79.9. The highest BCUT2D eigenvalue weighted by molar-refractivity contribution is 9.10. The maximum Gasteiger partial charge on any atom is 0.128 e. The number of benzene rings is 1. The van der Waals surface area contributed by atoms with Crippen molar-refractivity contribution in [3.05, 3.63) is 57.9 Å². The third-order valence-electron chi connectivity index (χ3n) is 2.88. The van der Waals surface area contributed by atoms with Gasteiger partial charge in [-0.2, -0.15) is 0 Å². The van der Waals surface area contributed by atoms with Crippen molar-refractivity contribution >= 4 is 21.7 Å². The predicted octanol–water partition coefficient (Wildman–Crippen LogP) is 2.31. The topological polar surface area (TPSA) is 77.0 Å². The Kier molecular flexibility index (Phi) is 4.47. The minimum absolute atomic E-state index is 0.311. The summed E-state index contributed by atoms with van der Waals surface area (Å²) in [7, 11) is 0. The Balaban J connectivity index is 2.30. The van der Waals surface area contributed by atoms with E-state index in [4.69, 9.17) is 11.6 Å². The second-order valence-electron chi connectivity index (χ2n) is 4.14. The van der Waals surface area contributed by atoms with Crippen LogP contribution in [0.1, 0.15) is 17.2 Å². The minimum Gasteiger partial charge on any atom is -0.383 e. The van der Waals surface area contributed by atoms with E-state index in [9.17, 15) is 4.39 Å². The van der Waals surface area contributed by atoms with Gasteiger partial charge in [-0.15, -0.1) is 0 Å². The van der Waals surface area contributed by atoms with Crippen molar-refractivity contribution in [1.82, 2.24) is 10.4 Å². The van der Waals surface area contributed by atoms with Gasteiger partial charge in [-0.25, -0.2) is 9.37 Å². The van der Waals surface area contributed by atoms with Gasteiger partial charge in [0.05, 0.1) is 6.04 Å². The lowest BCUT2D eigenvalue weighted by Crippen LogP contribution is -2.30. The summed E-state index contributed by atoms with van der Waals surface area (Å²) >= 11 is 3.32. The lowest BCUT2D eigenvalue weighted by atomic mass is 9.99. The summed E-state index contributed by atoms with van der Waals surface area (Å²) in [5, 5.41) is 0. The second kappa shape index (κ2) is 6.10. The van der Waals surface area contributed by atoms with Crippen LogP contribution in [0.5, 0.6) is 0 Å². The predicted molar refractivity (Wildman–Crippen MR) is 76.5 cm³/mol. The van der Waals surface area contributed by atoms with E-state index >= 15 is 0 Å². The first-order valence-corrected chi connectivity index (χ1v) is 6.51. The number of nitrogens with one attached hydrogen (secondary N) is 1. The van der Waals surface area contributed by atoms with Gasteiger partial charge in [0.25, 0.3) is 0 Å². The summed E-state index contributed by atoms with van der Waals surface area (Å²) in [5.41, 5.74) is 9.71. The molecule has 1 heterocycles. The van der Waals surface area contributed by atoms with Gasteiger partial charge in [0.2, 0.25) is 0 Å². The molecule has 4 nitrogen and oxygen atoms in total. The molecule has 1 aromatic heterocycles. The quantitative estimate of drug-likeness (QED) is 0.595.